The number of nitrogens with two attached hydrogens (primary N) is 1. The molecule has 3 aliphatic heterocycles. The SMILES string of the molecule is Cn1nc(C2CCC(=O)NC2=O)c2ccc(NC3CCN(CC4CCC(n5cc(NC(=O)c6cnn7ccc(N8CC[C@@H](F)[C@@H](N)C8)nc67)c(C(F)F)n5)CC4)CC3)cc21. The lowest BCUT2D eigenvalue weighted by Crippen LogP contribution is -2.50. The monoisotopic (exact) mass is 829 g/mol. The standard InChI is InChI=1S/C41H50F3N13O3/c1-53-33-18-25(4-7-27(33)36(51-53)28-8-9-35(58)50-40(28)59)47-24-10-14-54(15-11-24)20-23-2-5-26(6-3-23)57-22-32(37(52-57)38(43)44)48-41(60)29-19-46-56-17-13-34(49-39(29)56)55-16-12-30(42)31(45)21-55/h4,7,13,17-19,22-24,26,28,30-31,38,47H,2-3,5-6,8-12,14-16,20-21,45H2,1H3,(H,48,60)(H,50,58,59)/t23?,26?,28?,30-,31+/m1/s1. The number of hydrogen-bond donors (Lipinski definition) is 4. The molecule has 5 N–H and O–H groups in total. The number of anilines is 3. The minimum Gasteiger partial charge on any atom is -0.382 e. The van der Waals surface area contributed by atoms with Crippen molar-refractivity contribution in [2.24, 2.45) is 18.7 Å². The van der Waals surface area contributed by atoms with Crippen molar-refractivity contribution in [3.63, 3.8) is 0 Å². The lowest BCUT2D eigenvalue weighted by atomic mass is 9.85. The van der Waals surface area contributed by atoms with Crippen molar-refractivity contribution in [3.8, 4) is 0 Å². The molecule has 16 nitrogen and oxygen atoms in total. The molecule has 19 heteroatoms. The number of nitrogens with zero attached hydrogens (tertiary/aromatic N) is 9. The maximum absolute atomic E-state index is 14.3. The van der Waals surface area contributed by atoms with Crippen molar-refractivity contribution in [1.82, 2.24) is 44.4 Å². The zero-order valence-corrected chi connectivity index (χ0v) is 33.4. The van der Waals surface area contributed by atoms with Crippen LogP contribution in [-0.4, -0.2) is 108 Å². The molecule has 1 saturated carbocycles. The van der Waals surface area contributed by atoms with Crippen LogP contribution in [0, 0.1) is 5.92 Å². The van der Waals surface area contributed by atoms with Gasteiger partial charge in [0.25, 0.3) is 12.3 Å². The fourth-order valence-corrected chi connectivity index (χ4v) is 9.44. The van der Waals surface area contributed by atoms with Gasteiger partial charge in [-0.25, -0.2) is 22.7 Å². The van der Waals surface area contributed by atoms with E-state index in [4.69, 9.17) is 5.73 Å². The highest BCUT2D eigenvalue weighted by Crippen LogP contribution is 2.36. The Hall–Kier alpha value is -5.56. The van der Waals surface area contributed by atoms with Crippen LogP contribution in [0.3, 0.4) is 0 Å². The van der Waals surface area contributed by atoms with Crippen molar-refractivity contribution in [2.45, 2.75) is 94.4 Å². The molecule has 3 atom stereocenters. The molecule has 3 amide bonds. The zero-order valence-electron chi connectivity index (χ0n) is 33.4. The second-order valence-electron chi connectivity index (χ2n) is 16.8. The van der Waals surface area contributed by atoms with E-state index in [9.17, 15) is 27.6 Å². The summed E-state index contributed by atoms with van der Waals surface area (Å²) in [6, 6.07) is 7.47. The normalized spacial score (nSPS) is 24.7. The Morgan fingerprint density at radius 3 is 2.57 bits per heavy atom. The van der Waals surface area contributed by atoms with Gasteiger partial charge in [-0.15, -0.1) is 0 Å². The van der Waals surface area contributed by atoms with Crippen LogP contribution >= 0.6 is 0 Å². The number of imide groups is 1. The number of benzene rings is 1. The fraction of sp³-hybridized carbons (Fsp3) is 0.537. The lowest BCUT2D eigenvalue weighted by molar-refractivity contribution is -0.134. The highest BCUT2D eigenvalue weighted by atomic mass is 19.3. The van der Waals surface area contributed by atoms with Crippen LogP contribution in [0.2, 0.25) is 0 Å². The fourth-order valence-electron chi connectivity index (χ4n) is 9.44. The summed E-state index contributed by atoms with van der Waals surface area (Å²) in [5, 5.41) is 22.9. The topological polar surface area (TPSA) is 186 Å². The van der Waals surface area contributed by atoms with Crippen molar-refractivity contribution in [3.05, 3.63) is 59.8 Å². The maximum atomic E-state index is 14.3. The van der Waals surface area contributed by atoms with Crippen LogP contribution in [0.5, 0.6) is 0 Å². The summed E-state index contributed by atoms with van der Waals surface area (Å²) in [5.74, 6) is -0.580. The van der Waals surface area contributed by atoms with Gasteiger partial charge in [-0.3, -0.25) is 29.1 Å². The third kappa shape index (κ3) is 8.03. The number of nitrogens with one attached hydrogen (secondary N) is 3. The molecule has 60 heavy (non-hydrogen) atoms. The predicted molar refractivity (Wildman–Crippen MR) is 218 cm³/mol. The van der Waals surface area contributed by atoms with Crippen LogP contribution in [-0.2, 0) is 16.6 Å². The Kier molecular flexibility index (Phi) is 11.0. The molecule has 9 rings (SSSR count). The van der Waals surface area contributed by atoms with Crippen LogP contribution in [0.1, 0.15) is 97.9 Å². The first-order valence-corrected chi connectivity index (χ1v) is 20.9. The second-order valence-corrected chi connectivity index (χ2v) is 16.8. The van der Waals surface area contributed by atoms with Gasteiger partial charge in [0.05, 0.1) is 41.1 Å². The number of aryl methyl sites for hydroxylation is 1. The van der Waals surface area contributed by atoms with Gasteiger partial charge in [0, 0.05) is 75.7 Å². The number of rotatable bonds is 10. The van der Waals surface area contributed by atoms with E-state index in [1.807, 2.05) is 24.1 Å². The third-order valence-electron chi connectivity index (χ3n) is 12.8. The average molecular weight is 830 g/mol. The first kappa shape index (κ1) is 39.9. The average Bonchev–Trinajstić information content (AvgIpc) is 3.95. The second kappa shape index (κ2) is 16.5. The Labute approximate surface area is 344 Å². The molecule has 4 aromatic heterocycles. The van der Waals surface area contributed by atoms with E-state index in [2.05, 4.69) is 47.2 Å². The van der Waals surface area contributed by atoms with Crippen molar-refractivity contribution in [1.29, 1.82) is 0 Å². The first-order chi connectivity index (χ1) is 29.0. The molecule has 0 spiro atoms. The quantitative estimate of drug-likeness (QED) is 0.143. The van der Waals surface area contributed by atoms with Crippen LogP contribution < -0.4 is 26.6 Å². The summed E-state index contributed by atoms with van der Waals surface area (Å²) < 4.78 is 47.4. The first-order valence-electron chi connectivity index (χ1n) is 20.9. The number of halogens is 3. The summed E-state index contributed by atoms with van der Waals surface area (Å²) in [4.78, 5) is 46.7. The smallest absolute Gasteiger partial charge is 0.284 e. The molecule has 7 heterocycles. The van der Waals surface area contributed by atoms with E-state index in [1.165, 1.54) is 16.9 Å². The largest absolute Gasteiger partial charge is 0.382 e. The molecule has 5 aromatic rings. The summed E-state index contributed by atoms with van der Waals surface area (Å²) in [7, 11) is 1.87. The minimum atomic E-state index is -2.89. The highest BCUT2D eigenvalue weighted by Gasteiger charge is 2.33. The van der Waals surface area contributed by atoms with E-state index in [0.717, 1.165) is 74.7 Å². The molecule has 1 aromatic carbocycles. The molecule has 0 bridgehead atoms. The van der Waals surface area contributed by atoms with Gasteiger partial charge in [-0.05, 0) is 81.5 Å². The zero-order chi connectivity index (χ0) is 41.7. The number of amides is 3. The van der Waals surface area contributed by atoms with E-state index in [-0.39, 0.29) is 47.7 Å². The third-order valence-corrected chi connectivity index (χ3v) is 12.8. The van der Waals surface area contributed by atoms with E-state index < -0.39 is 36.2 Å². The van der Waals surface area contributed by atoms with Gasteiger partial charge in [0.1, 0.15) is 17.6 Å². The van der Waals surface area contributed by atoms with E-state index in [1.54, 1.807) is 21.6 Å². The molecule has 318 valence electrons. The van der Waals surface area contributed by atoms with Gasteiger partial charge in [0.2, 0.25) is 11.8 Å². The summed E-state index contributed by atoms with van der Waals surface area (Å²) in [6.45, 7) is 3.64. The number of fused-ring (bicyclic) bond motifs is 2. The number of alkyl halides is 3. The van der Waals surface area contributed by atoms with E-state index >= 15 is 0 Å². The summed E-state index contributed by atoms with van der Waals surface area (Å²) in [6.07, 6.45) is 7.06. The number of aromatic nitrogens is 7. The minimum absolute atomic E-state index is 0.0441. The number of likely N-dealkylation sites (tertiary alicyclic amines) is 1. The van der Waals surface area contributed by atoms with Gasteiger partial charge in [-0.2, -0.15) is 15.3 Å². The Morgan fingerprint density at radius 2 is 1.82 bits per heavy atom. The highest BCUT2D eigenvalue weighted by molar-refractivity contribution is 6.08. The Morgan fingerprint density at radius 1 is 1.02 bits per heavy atom. The maximum Gasteiger partial charge on any atom is 0.284 e. The number of hydrogen-bond acceptors (Lipinski definition) is 11. The Bertz CT molecular complexity index is 2400. The van der Waals surface area contributed by atoms with Crippen molar-refractivity contribution < 1.29 is 27.6 Å². The van der Waals surface area contributed by atoms with Crippen LogP contribution in [0.4, 0.5) is 30.4 Å². The van der Waals surface area contributed by atoms with Gasteiger partial charge >= 0.3 is 0 Å². The van der Waals surface area contributed by atoms with Crippen molar-refractivity contribution in [2.75, 3.05) is 48.3 Å². The van der Waals surface area contributed by atoms with Gasteiger partial charge in [-0.1, -0.05) is 0 Å². The van der Waals surface area contributed by atoms with Crippen molar-refractivity contribution >= 4 is 51.5 Å². The van der Waals surface area contributed by atoms with Crippen LogP contribution in [0.25, 0.3) is 16.6 Å². The molecule has 1 aliphatic carbocycles. The summed E-state index contributed by atoms with van der Waals surface area (Å²) >= 11 is 0. The molecule has 4 fully saturated rings. The molecule has 3 saturated heterocycles. The molecular formula is C41H50F3N13O3. The molecule has 0 radical (unpaired) electrons. The van der Waals surface area contributed by atoms with Crippen LogP contribution in [0.15, 0.2) is 42.9 Å². The molecule has 4 aliphatic rings. The number of carbonyl (C=O) groups excluding carboxylic acids is 3. The number of carbonyl (C=O) groups is 3. The van der Waals surface area contributed by atoms with Gasteiger partial charge in [0.15, 0.2) is 11.3 Å². The molecular weight excluding hydrogens is 780 g/mol. The number of piperidine rings is 3. The van der Waals surface area contributed by atoms with Gasteiger partial charge < -0.3 is 26.2 Å². The summed E-state index contributed by atoms with van der Waals surface area (Å²) in [5.41, 5.74) is 8.43. The predicted octanol–water partition coefficient (Wildman–Crippen LogP) is 4.71. The lowest BCUT2D eigenvalue weighted by Gasteiger charge is -2.37. The molecule has 1 unspecified atom stereocenters. The van der Waals surface area contributed by atoms with E-state index in [0.29, 0.717) is 42.9 Å². The Balaban J connectivity index is 0.769.